The van der Waals surface area contributed by atoms with Gasteiger partial charge in [0.1, 0.15) is 6.54 Å². The van der Waals surface area contributed by atoms with Crippen molar-refractivity contribution in [1.82, 2.24) is 15.1 Å². The number of carbonyl (C=O) groups is 1. The summed E-state index contributed by atoms with van der Waals surface area (Å²) in [7, 11) is 5.16. The van der Waals surface area contributed by atoms with Crippen molar-refractivity contribution in [3.63, 3.8) is 0 Å². The number of anilines is 1. The van der Waals surface area contributed by atoms with Crippen LogP contribution in [0.2, 0.25) is 0 Å². The van der Waals surface area contributed by atoms with Gasteiger partial charge in [-0.25, -0.2) is 4.99 Å². The zero-order valence-corrected chi connectivity index (χ0v) is 15.4. The van der Waals surface area contributed by atoms with E-state index in [4.69, 9.17) is 4.74 Å². The second kappa shape index (κ2) is 9.88. The summed E-state index contributed by atoms with van der Waals surface area (Å²) in [4.78, 5) is 22.5. The molecule has 1 aromatic rings. The van der Waals surface area contributed by atoms with E-state index < -0.39 is 0 Å². The number of rotatable bonds is 6. The lowest BCUT2D eigenvalue weighted by atomic mass is 10.2. The van der Waals surface area contributed by atoms with Crippen LogP contribution < -0.4 is 10.2 Å². The topological polar surface area (TPSA) is 60.4 Å². The summed E-state index contributed by atoms with van der Waals surface area (Å²) in [5, 5.41) is 3.30. The van der Waals surface area contributed by atoms with Gasteiger partial charge in [-0.1, -0.05) is 18.2 Å². The molecule has 7 nitrogen and oxygen atoms in total. The molecule has 0 atom stereocenters. The van der Waals surface area contributed by atoms with E-state index in [0.717, 1.165) is 32.1 Å². The van der Waals surface area contributed by atoms with Crippen LogP contribution >= 0.6 is 0 Å². The Balaban J connectivity index is 1.95. The number of guanidine groups is 1. The summed E-state index contributed by atoms with van der Waals surface area (Å²) in [5.74, 6) is 0.772. The first-order chi connectivity index (χ1) is 12.1. The summed E-state index contributed by atoms with van der Waals surface area (Å²) in [6.07, 6.45) is 0. The van der Waals surface area contributed by atoms with E-state index in [1.54, 1.807) is 26.1 Å². The molecule has 7 heteroatoms. The average molecular weight is 347 g/mol. The molecule has 0 spiro atoms. The van der Waals surface area contributed by atoms with Crippen LogP contribution in [0.1, 0.15) is 0 Å². The average Bonchev–Trinajstić information content (AvgIpc) is 2.65. The number of aliphatic imine (C=N–C) groups is 1. The molecule has 1 amide bonds. The predicted molar refractivity (Wildman–Crippen MR) is 101 cm³/mol. The van der Waals surface area contributed by atoms with Gasteiger partial charge in [0.05, 0.1) is 6.61 Å². The maximum absolute atomic E-state index is 11.8. The monoisotopic (exact) mass is 347 g/mol. The lowest BCUT2D eigenvalue weighted by Gasteiger charge is -2.37. The highest BCUT2D eigenvalue weighted by Gasteiger charge is 2.20. The first-order valence-corrected chi connectivity index (χ1v) is 8.64. The number of piperazine rings is 1. The van der Waals surface area contributed by atoms with Crippen LogP contribution in [0.15, 0.2) is 35.3 Å². The molecular weight excluding hydrogens is 318 g/mol. The largest absolute Gasteiger partial charge is 0.383 e. The highest BCUT2D eigenvalue weighted by atomic mass is 16.5. The molecule has 1 heterocycles. The van der Waals surface area contributed by atoms with Gasteiger partial charge in [-0.05, 0) is 12.1 Å². The standard InChI is InChI=1S/C18H29N5O2/c1-21(2)17(24)15-20-18(19-9-14-25-3)23-12-10-22(11-13-23)16-7-5-4-6-8-16/h4-8H,9-15H2,1-3H3,(H,19,20). The fourth-order valence-corrected chi connectivity index (χ4v) is 2.63. The molecule has 0 aromatic heterocycles. The number of carbonyl (C=O) groups excluding carboxylic acids is 1. The molecule has 0 radical (unpaired) electrons. The number of methoxy groups -OCH3 is 1. The molecule has 0 unspecified atom stereocenters. The van der Waals surface area contributed by atoms with Crippen molar-refractivity contribution < 1.29 is 9.53 Å². The Bertz CT molecular complexity index is 554. The number of amides is 1. The van der Waals surface area contributed by atoms with Gasteiger partial charge in [0.15, 0.2) is 5.96 Å². The van der Waals surface area contributed by atoms with Gasteiger partial charge in [0.25, 0.3) is 0 Å². The molecule has 1 aliphatic heterocycles. The minimum atomic E-state index is -0.00559. The molecule has 138 valence electrons. The van der Waals surface area contributed by atoms with Crippen LogP contribution in [-0.4, -0.2) is 88.7 Å². The van der Waals surface area contributed by atoms with Crippen LogP contribution in [0, 0.1) is 0 Å². The zero-order chi connectivity index (χ0) is 18.1. The number of ether oxygens (including phenoxy) is 1. The molecule has 1 saturated heterocycles. The molecule has 2 rings (SSSR count). The molecule has 1 aromatic carbocycles. The van der Waals surface area contributed by atoms with E-state index in [-0.39, 0.29) is 12.5 Å². The maximum atomic E-state index is 11.8. The van der Waals surface area contributed by atoms with E-state index >= 15 is 0 Å². The van der Waals surface area contributed by atoms with Crippen LogP contribution in [0.4, 0.5) is 5.69 Å². The molecule has 0 aliphatic carbocycles. The third-order valence-corrected chi connectivity index (χ3v) is 4.15. The summed E-state index contributed by atoms with van der Waals surface area (Å²) >= 11 is 0. The Morgan fingerprint density at radius 2 is 1.88 bits per heavy atom. The minimum absolute atomic E-state index is 0.00559. The predicted octanol–water partition coefficient (Wildman–Crippen LogP) is 0.489. The van der Waals surface area contributed by atoms with Gasteiger partial charge >= 0.3 is 0 Å². The van der Waals surface area contributed by atoms with Crippen LogP contribution in [-0.2, 0) is 9.53 Å². The first kappa shape index (κ1) is 19.1. The third kappa shape index (κ3) is 5.94. The molecule has 0 bridgehead atoms. The van der Waals surface area contributed by atoms with Gasteiger partial charge in [-0.15, -0.1) is 0 Å². The van der Waals surface area contributed by atoms with Crippen molar-refractivity contribution in [3.8, 4) is 0 Å². The van der Waals surface area contributed by atoms with Crippen molar-refractivity contribution in [2.75, 3.05) is 72.0 Å². The van der Waals surface area contributed by atoms with Gasteiger partial charge < -0.3 is 24.8 Å². The lowest BCUT2D eigenvalue weighted by Crippen LogP contribution is -2.53. The second-order valence-corrected chi connectivity index (χ2v) is 6.16. The fraction of sp³-hybridized carbons (Fsp3) is 0.556. The fourth-order valence-electron chi connectivity index (χ4n) is 2.63. The summed E-state index contributed by atoms with van der Waals surface area (Å²) in [6, 6.07) is 10.4. The van der Waals surface area contributed by atoms with Crippen LogP contribution in [0.3, 0.4) is 0 Å². The number of hydrogen-bond donors (Lipinski definition) is 1. The second-order valence-electron chi connectivity index (χ2n) is 6.16. The van der Waals surface area contributed by atoms with Crippen molar-refractivity contribution in [1.29, 1.82) is 0 Å². The van der Waals surface area contributed by atoms with E-state index in [9.17, 15) is 4.79 Å². The molecule has 0 saturated carbocycles. The number of nitrogens with zero attached hydrogens (tertiary/aromatic N) is 4. The quantitative estimate of drug-likeness (QED) is 0.461. The van der Waals surface area contributed by atoms with Gasteiger partial charge in [-0.3, -0.25) is 4.79 Å². The summed E-state index contributed by atoms with van der Waals surface area (Å²) < 4.78 is 5.10. The Labute approximate surface area is 150 Å². The Kier molecular flexibility index (Phi) is 7.53. The Hall–Kier alpha value is -2.28. The maximum Gasteiger partial charge on any atom is 0.243 e. The normalized spacial score (nSPS) is 15.2. The number of benzene rings is 1. The summed E-state index contributed by atoms with van der Waals surface area (Å²) in [6.45, 7) is 5.01. The Morgan fingerprint density at radius 3 is 2.48 bits per heavy atom. The molecule has 25 heavy (non-hydrogen) atoms. The van der Waals surface area contributed by atoms with Gasteiger partial charge in [0, 0.05) is 59.6 Å². The molecule has 1 fully saturated rings. The molecular formula is C18H29N5O2. The number of para-hydroxylation sites is 1. The smallest absolute Gasteiger partial charge is 0.243 e. The lowest BCUT2D eigenvalue weighted by molar-refractivity contribution is -0.127. The van der Waals surface area contributed by atoms with E-state index in [1.807, 2.05) is 6.07 Å². The van der Waals surface area contributed by atoms with E-state index in [2.05, 4.69) is 44.4 Å². The van der Waals surface area contributed by atoms with Crippen molar-refractivity contribution in [2.24, 2.45) is 4.99 Å². The van der Waals surface area contributed by atoms with E-state index in [1.165, 1.54) is 5.69 Å². The number of likely N-dealkylation sites (N-methyl/N-ethyl adjacent to an activating group) is 1. The number of nitrogens with one attached hydrogen (secondary N) is 1. The van der Waals surface area contributed by atoms with Gasteiger partial charge in [-0.2, -0.15) is 0 Å². The SMILES string of the molecule is COCCNC(=NCC(=O)N(C)C)N1CCN(c2ccccc2)CC1. The van der Waals surface area contributed by atoms with Crippen molar-refractivity contribution in [3.05, 3.63) is 30.3 Å². The number of hydrogen-bond acceptors (Lipinski definition) is 4. The third-order valence-electron chi connectivity index (χ3n) is 4.15. The molecule has 1 N–H and O–H groups in total. The highest BCUT2D eigenvalue weighted by molar-refractivity contribution is 5.85. The minimum Gasteiger partial charge on any atom is -0.383 e. The van der Waals surface area contributed by atoms with Gasteiger partial charge in [0.2, 0.25) is 5.91 Å². The first-order valence-electron chi connectivity index (χ1n) is 8.64. The highest BCUT2D eigenvalue weighted by Crippen LogP contribution is 2.15. The van der Waals surface area contributed by atoms with Crippen LogP contribution in [0.25, 0.3) is 0 Å². The Morgan fingerprint density at radius 1 is 1.20 bits per heavy atom. The van der Waals surface area contributed by atoms with Crippen molar-refractivity contribution in [2.45, 2.75) is 0 Å². The van der Waals surface area contributed by atoms with Crippen LogP contribution in [0.5, 0.6) is 0 Å². The molecule has 1 aliphatic rings. The summed E-state index contributed by atoms with van der Waals surface area (Å²) in [5.41, 5.74) is 1.25. The van der Waals surface area contributed by atoms with E-state index in [0.29, 0.717) is 13.2 Å². The van der Waals surface area contributed by atoms with Crippen molar-refractivity contribution >= 4 is 17.6 Å². The zero-order valence-electron chi connectivity index (χ0n) is 15.4.